The van der Waals surface area contributed by atoms with E-state index in [9.17, 15) is 12.8 Å². The molecule has 4 nitrogen and oxygen atoms in total. The molecule has 20 heavy (non-hydrogen) atoms. The highest BCUT2D eigenvalue weighted by atomic mass is 32.2. The van der Waals surface area contributed by atoms with Gasteiger partial charge in [-0.1, -0.05) is 13.3 Å². The van der Waals surface area contributed by atoms with Gasteiger partial charge in [0, 0.05) is 17.6 Å². The Labute approximate surface area is 120 Å². The molecule has 0 amide bonds. The Morgan fingerprint density at radius 2 is 1.95 bits per heavy atom. The van der Waals surface area contributed by atoms with E-state index in [1.807, 2.05) is 20.8 Å². The fraction of sp³-hybridized carbons (Fsp3) is 0.571. The van der Waals surface area contributed by atoms with Crippen molar-refractivity contribution in [1.29, 1.82) is 0 Å². The maximum absolute atomic E-state index is 13.8. The summed E-state index contributed by atoms with van der Waals surface area (Å²) in [5.41, 5.74) is 5.47. The molecule has 0 heterocycles. The first-order valence-electron chi connectivity index (χ1n) is 6.66. The molecule has 6 heteroatoms. The number of sulfonamides is 1. The number of rotatable bonds is 6. The van der Waals surface area contributed by atoms with Crippen molar-refractivity contribution in [3.63, 3.8) is 0 Å². The van der Waals surface area contributed by atoms with Gasteiger partial charge in [-0.2, -0.15) is 0 Å². The van der Waals surface area contributed by atoms with Crippen molar-refractivity contribution in [2.75, 3.05) is 0 Å². The molecule has 114 valence electrons. The average Bonchev–Trinajstić information content (AvgIpc) is 2.30. The molecule has 0 aromatic heterocycles. The minimum Gasteiger partial charge on any atom is -0.326 e. The molecule has 0 bridgehead atoms. The zero-order valence-electron chi connectivity index (χ0n) is 12.5. The van der Waals surface area contributed by atoms with Gasteiger partial charge in [-0.15, -0.1) is 0 Å². The lowest BCUT2D eigenvalue weighted by molar-refractivity contribution is 0.417. The summed E-state index contributed by atoms with van der Waals surface area (Å²) in [7, 11) is -3.77. The largest absolute Gasteiger partial charge is 0.326 e. The van der Waals surface area contributed by atoms with E-state index < -0.39 is 21.4 Å². The zero-order valence-corrected chi connectivity index (χ0v) is 13.3. The smallest absolute Gasteiger partial charge is 0.241 e. The Morgan fingerprint density at radius 3 is 2.45 bits per heavy atom. The summed E-state index contributed by atoms with van der Waals surface area (Å²) in [5, 5.41) is 0. The number of halogens is 1. The zero-order chi connectivity index (χ0) is 15.6. The molecule has 0 fully saturated rings. The van der Waals surface area contributed by atoms with Crippen LogP contribution < -0.4 is 10.5 Å². The first-order valence-corrected chi connectivity index (χ1v) is 8.14. The number of hydrogen-bond acceptors (Lipinski definition) is 3. The Morgan fingerprint density at radius 1 is 1.35 bits per heavy atom. The first-order chi connectivity index (χ1) is 9.13. The van der Waals surface area contributed by atoms with Crippen LogP contribution in [0, 0.1) is 12.7 Å². The van der Waals surface area contributed by atoms with Gasteiger partial charge in [0.1, 0.15) is 5.82 Å². The van der Waals surface area contributed by atoms with Crippen molar-refractivity contribution in [3.05, 3.63) is 29.1 Å². The van der Waals surface area contributed by atoms with Crippen LogP contribution in [0.3, 0.4) is 0 Å². The Hall–Kier alpha value is -0.980. The van der Waals surface area contributed by atoms with Crippen LogP contribution >= 0.6 is 0 Å². The predicted molar refractivity (Wildman–Crippen MR) is 78.3 cm³/mol. The minimum atomic E-state index is -3.77. The SMILES string of the molecule is CCCC(C)(C)NS(=O)(=O)c1cc(CN)cc(F)c1C. The van der Waals surface area contributed by atoms with Gasteiger partial charge in [0.15, 0.2) is 0 Å². The topological polar surface area (TPSA) is 72.2 Å². The van der Waals surface area contributed by atoms with E-state index in [1.54, 1.807) is 0 Å². The summed E-state index contributed by atoms with van der Waals surface area (Å²) in [6.45, 7) is 7.16. The Bertz CT molecular complexity index is 583. The lowest BCUT2D eigenvalue weighted by atomic mass is 10.0. The molecular weight excluding hydrogens is 279 g/mol. The minimum absolute atomic E-state index is 0.0397. The second-order valence-corrected chi connectivity index (χ2v) is 7.30. The van der Waals surface area contributed by atoms with Crippen molar-refractivity contribution in [3.8, 4) is 0 Å². The fourth-order valence-electron chi connectivity index (χ4n) is 2.20. The fourth-order valence-corrected chi connectivity index (χ4v) is 3.95. The molecule has 0 unspecified atom stereocenters. The van der Waals surface area contributed by atoms with Crippen LogP contribution in [-0.4, -0.2) is 14.0 Å². The number of hydrogen-bond donors (Lipinski definition) is 2. The summed E-state index contributed by atoms with van der Waals surface area (Å²) in [6.07, 6.45) is 1.55. The van der Waals surface area contributed by atoms with Gasteiger partial charge >= 0.3 is 0 Å². The molecule has 0 aliphatic rings. The average molecular weight is 302 g/mol. The van der Waals surface area contributed by atoms with Gasteiger partial charge in [-0.25, -0.2) is 17.5 Å². The van der Waals surface area contributed by atoms with Gasteiger partial charge < -0.3 is 5.73 Å². The summed E-state index contributed by atoms with van der Waals surface area (Å²) >= 11 is 0. The van der Waals surface area contributed by atoms with E-state index in [4.69, 9.17) is 5.73 Å². The highest BCUT2D eigenvalue weighted by Gasteiger charge is 2.27. The second kappa shape index (κ2) is 6.20. The lowest BCUT2D eigenvalue weighted by Crippen LogP contribution is -2.43. The standard InChI is InChI=1S/C14H23FN2O2S/c1-5-6-14(3,4)17-20(18,19)13-8-11(9-16)7-12(15)10(13)2/h7-8,17H,5-6,9,16H2,1-4H3. The Kier molecular flexibility index (Phi) is 5.29. The highest BCUT2D eigenvalue weighted by molar-refractivity contribution is 7.89. The van der Waals surface area contributed by atoms with Crippen LogP contribution in [0.2, 0.25) is 0 Å². The van der Waals surface area contributed by atoms with Crippen molar-refractivity contribution < 1.29 is 12.8 Å². The summed E-state index contributed by atoms with van der Waals surface area (Å²) < 4.78 is 41.3. The molecule has 0 aliphatic carbocycles. The molecule has 0 atom stereocenters. The third-order valence-electron chi connectivity index (χ3n) is 3.17. The highest BCUT2D eigenvalue weighted by Crippen LogP contribution is 2.23. The van der Waals surface area contributed by atoms with Gasteiger partial charge in [-0.05, 0) is 44.9 Å². The van der Waals surface area contributed by atoms with E-state index in [1.165, 1.54) is 19.1 Å². The van der Waals surface area contributed by atoms with Crippen molar-refractivity contribution in [2.24, 2.45) is 5.73 Å². The van der Waals surface area contributed by atoms with E-state index in [0.29, 0.717) is 12.0 Å². The van der Waals surface area contributed by atoms with Crippen LogP contribution in [0.1, 0.15) is 44.7 Å². The molecule has 1 rings (SSSR count). The van der Waals surface area contributed by atoms with E-state index in [0.717, 1.165) is 6.42 Å². The molecule has 1 aromatic rings. The molecule has 0 radical (unpaired) electrons. The molecule has 0 spiro atoms. The van der Waals surface area contributed by atoms with Gasteiger partial charge in [0.25, 0.3) is 0 Å². The second-order valence-electron chi connectivity index (χ2n) is 5.64. The summed E-state index contributed by atoms with van der Waals surface area (Å²) in [4.78, 5) is -0.0397. The maximum atomic E-state index is 13.8. The normalized spacial score (nSPS) is 12.7. The molecular formula is C14H23FN2O2S. The number of nitrogens with one attached hydrogen (secondary N) is 1. The van der Waals surface area contributed by atoms with Crippen molar-refractivity contribution >= 4 is 10.0 Å². The monoisotopic (exact) mass is 302 g/mol. The van der Waals surface area contributed by atoms with Crippen LogP contribution in [0.5, 0.6) is 0 Å². The van der Waals surface area contributed by atoms with Crippen LogP contribution in [0.25, 0.3) is 0 Å². The first kappa shape index (κ1) is 17.1. The summed E-state index contributed by atoms with van der Waals surface area (Å²) in [5.74, 6) is -0.554. The van der Waals surface area contributed by atoms with Gasteiger partial charge in [0.2, 0.25) is 10.0 Å². The summed E-state index contributed by atoms with van der Waals surface area (Å²) in [6, 6.07) is 2.70. The molecule has 0 aliphatic heterocycles. The third kappa shape index (κ3) is 4.01. The van der Waals surface area contributed by atoms with E-state index >= 15 is 0 Å². The van der Waals surface area contributed by atoms with Crippen LogP contribution in [0.15, 0.2) is 17.0 Å². The predicted octanol–water partition coefficient (Wildman–Crippen LogP) is 2.45. The lowest BCUT2D eigenvalue weighted by Gasteiger charge is -2.26. The van der Waals surface area contributed by atoms with Gasteiger partial charge in [0.05, 0.1) is 4.90 Å². The number of benzene rings is 1. The molecule has 0 saturated heterocycles. The number of nitrogens with two attached hydrogens (primary N) is 1. The third-order valence-corrected chi connectivity index (χ3v) is 4.99. The van der Waals surface area contributed by atoms with Crippen molar-refractivity contribution in [2.45, 2.75) is 57.5 Å². The van der Waals surface area contributed by atoms with E-state index in [2.05, 4.69) is 4.72 Å². The van der Waals surface area contributed by atoms with E-state index in [-0.39, 0.29) is 17.0 Å². The van der Waals surface area contributed by atoms with Gasteiger partial charge in [-0.3, -0.25) is 0 Å². The van der Waals surface area contributed by atoms with Crippen LogP contribution in [0.4, 0.5) is 4.39 Å². The molecule has 1 aromatic carbocycles. The maximum Gasteiger partial charge on any atom is 0.241 e. The molecule has 3 N–H and O–H groups in total. The molecule has 0 saturated carbocycles. The quantitative estimate of drug-likeness (QED) is 0.848. The van der Waals surface area contributed by atoms with Crippen LogP contribution in [-0.2, 0) is 16.6 Å². The van der Waals surface area contributed by atoms with Crippen molar-refractivity contribution in [1.82, 2.24) is 4.72 Å². The Balaban J connectivity index is 3.25.